The Morgan fingerprint density at radius 1 is 0.913 bits per heavy atom. The van der Waals surface area contributed by atoms with Crippen molar-refractivity contribution in [3.05, 3.63) is 83.2 Å². The normalized spacial score (nSPS) is 10.5. The fraction of sp³-hybridized carbons (Fsp3) is 0.235. The second kappa shape index (κ2) is 10.7. The summed E-state index contributed by atoms with van der Waals surface area (Å²) in [5.74, 6) is 0. The van der Waals surface area contributed by atoms with Crippen LogP contribution in [0.2, 0.25) is 0 Å². The Hall–Kier alpha value is -1.04. The van der Waals surface area contributed by atoms with Crippen LogP contribution in [-0.2, 0) is 36.7 Å². The first kappa shape index (κ1) is 22.0. The maximum Gasteiger partial charge on any atom is 3.00 e. The fourth-order valence-corrected chi connectivity index (χ4v) is 2.76. The first-order valence-electron chi connectivity index (χ1n) is 6.75. The number of aryl methyl sites for hydroxylation is 1. The van der Waals surface area contributed by atoms with Gasteiger partial charge < -0.3 is 17.5 Å². The molecule has 0 bridgehead atoms. The summed E-state index contributed by atoms with van der Waals surface area (Å²) in [5, 5.41) is 4.29. The summed E-state index contributed by atoms with van der Waals surface area (Å²) in [6.07, 6.45) is 0. The predicted octanol–water partition coefficient (Wildman–Crippen LogP) is 4.08. The molecule has 2 aromatic rings. The van der Waals surface area contributed by atoms with E-state index < -0.39 is 10.0 Å². The van der Waals surface area contributed by atoms with Gasteiger partial charge in [0.15, 0.2) is 0 Å². The summed E-state index contributed by atoms with van der Waals surface area (Å²) in [5.41, 5.74) is 2.13. The number of hydrogen-bond acceptors (Lipinski definition) is 2. The molecule has 0 N–H and O–H groups in total. The molecule has 2 rings (SSSR count). The average molecular weight is 510 g/mol. The first-order valence-corrected chi connectivity index (χ1v) is 8.19. The van der Waals surface area contributed by atoms with Crippen LogP contribution in [0.4, 0.5) is 0 Å². The van der Waals surface area contributed by atoms with Gasteiger partial charge in [0.25, 0.3) is 0 Å². The molecule has 0 radical (unpaired) electrons. The largest absolute Gasteiger partial charge is 3.00 e. The van der Waals surface area contributed by atoms with Gasteiger partial charge in [-0.15, -0.1) is 6.54 Å². The van der Waals surface area contributed by atoms with Gasteiger partial charge >= 0.3 is 20.1 Å². The summed E-state index contributed by atoms with van der Waals surface area (Å²) in [6.45, 7) is 3.08. The quantitative estimate of drug-likeness (QED) is 0.417. The van der Waals surface area contributed by atoms with E-state index in [1.807, 2.05) is 37.3 Å². The molecule has 126 valence electrons. The third-order valence-electron chi connectivity index (χ3n) is 2.98. The zero-order valence-corrected chi connectivity index (χ0v) is 16.5. The van der Waals surface area contributed by atoms with Crippen molar-refractivity contribution in [3.63, 3.8) is 0 Å². The Morgan fingerprint density at radius 3 is 2.13 bits per heavy atom. The Morgan fingerprint density at radius 2 is 1.52 bits per heavy atom. The third-order valence-corrected chi connectivity index (χ3v) is 4.37. The molecule has 23 heavy (non-hydrogen) atoms. The number of sulfonamides is 1. The van der Waals surface area contributed by atoms with Crippen molar-refractivity contribution in [1.82, 2.24) is 0 Å². The molecule has 0 unspecified atom stereocenters. The second-order valence-corrected chi connectivity index (χ2v) is 6.41. The van der Waals surface area contributed by atoms with E-state index in [1.54, 1.807) is 24.3 Å². The van der Waals surface area contributed by atoms with Crippen LogP contribution in [0.1, 0.15) is 11.1 Å². The van der Waals surface area contributed by atoms with Crippen LogP contribution in [0.3, 0.4) is 0 Å². The maximum absolute atomic E-state index is 12.0. The fourth-order valence-electron chi connectivity index (χ4n) is 1.81. The molecular weight excluding hydrogens is 488 g/mol. The minimum absolute atomic E-state index is 0. The zero-order chi connectivity index (χ0) is 15.1. The molecule has 0 saturated heterocycles. The summed E-state index contributed by atoms with van der Waals surface area (Å²) in [6, 6.07) is 16.5. The Kier molecular flexibility index (Phi) is 10.2. The third kappa shape index (κ3) is 7.38. The van der Waals surface area contributed by atoms with E-state index in [2.05, 4.69) is 10.0 Å². The zero-order valence-electron chi connectivity index (χ0n) is 13.3. The number of nitrogens with zero attached hydrogens (tertiary/aromatic N) is 2. The molecule has 0 saturated carbocycles. The molecule has 0 spiro atoms. The first-order chi connectivity index (χ1) is 10.1. The van der Waals surface area contributed by atoms with Crippen molar-refractivity contribution in [2.24, 2.45) is 0 Å². The molecule has 0 atom stereocenters. The molecule has 0 aliphatic heterocycles. The summed E-state index contributed by atoms with van der Waals surface area (Å²) < 4.78 is 27.7. The van der Waals surface area contributed by atoms with Crippen molar-refractivity contribution < 1.29 is 28.5 Å². The van der Waals surface area contributed by atoms with Gasteiger partial charge in [0.1, 0.15) is 10.0 Å². The standard InChI is InChI=1S/C16H18N2O2S.CH3.Ir/c1-14-7-9-16(10-8-14)21(19,20)18-12-11-17-13-15-5-3-2-4-6-15;;/h2-10H,11-13H2,1H3;1H3;/q-2;-1;+3. The van der Waals surface area contributed by atoms with E-state index in [-0.39, 0.29) is 39.0 Å². The Balaban J connectivity index is 0.00000242. The van der Waals surface area contributed by atoms with Gasteiger partial charge in [0.2, 0.25) is 0 Å². The molecule has 0 heterocycles. The molecule has 0 fully saturated rings. The number of rotatable bonds is 7. The predicted molar refractivity (Wildman–Crippen MR) is 91.4 cm³/mol. The molecular formula is C17H21IrN2O2S. The van der Waals surface area contributed by atoms with Crippen molar-refractivity contribution in [1.29, 1.82) is 0 Å². The minimum atomic E-state index is -3.56. The van der Waals surface area contributed by atoms with Crippen LogP contribution in [0, 0.1) is 14.4 Å². The smallest absolute Gasteiger partial charge is 0.660 e. The molecule has 0 aliphatic rings. The van der Waals surface area contributed by atoms with E-state index in [0.717, 1.165) is 11.1 Å². The molecule has 0 aromatic heterocycles. The maximum atomic E-state index is 12.0. The van der Waals surface area contributed by atoms with E-state index in [0.29, 0.717) is 13.1 Å². The van der Waals surface area contributed by atoms with Gasteiger partial charge in [-0.25, -0.2) is 8.42 Å². The van der Waals surface area contributed by atoms with Gasteiger partial charge in [-0.3, -0.25) is 0 Å². The van der Waals surface area contributed by atoms with Gasteiger partial charge in [0, 0.05) is 4.90 Å². The van der Waals surface area contributed by atoms with E-state index in [1.165, 1.54) is 0 Å². The molecule has 0 aliphatic carbocycles. The summed E-state index contributed by atoms with van der Waals surface area (Å²) in [4.78, 5) is 0.233. The number of hydrogen-bond donors (Lipinski definition) is 0. The van der Waals surface area contributed by atoms with Crippen LogP contribution in [0.5, 0.6) is 0 Å². The van der Waals surface area contributed by atoms with Crippen molar-refractivity contribution >= 4 is 10.0 Å². The molecule has 0 amide bonds. The monoisotopic (exact) mass is 510 g/mol. The molecule has 2 aromatic carbocycles. The number of benzene rings is 2. The molecule has 4 nitrogen and oxygen atoms in total. The van der Waals surface area contributed by atoms with Gasteiger partial charge in [-0.05, 0) is 19.1 Å². The average Bonchev–Trinajstić information content (AvgIpc) is 2.48. The molecule has 6 heteroatoms. The van der Waals surface area contributed by atoms with E-state index in [4.69, 9.17) is 0 Å². The van der Waals surface area contributed by atoms with Gasteiger partial charge in [-0.1, -0.05) is 53.6 Å². The van der Waals surface area contributed by atoms with E-state index in [9.17, 15) is 8.42 Å². The van der Waals surface area contributed by atoms with Crippen LogP contribution >= 0.6 is 0 Å². The SMILES string of the molecule is Cc1ccc(S(=O)(=O)[N-]CC[N-]Cc2ccccc2)cc1.[CH3-].[Ir+3]. The van der Waals surface area contributed by atoms with Crippen molar-refractivity contribution in [3.8, 4) is 0 Å². The minimum Gasteiger partial charge on any atom is -0.660 e. The Bertz CT molecular complexity index is 659. The van der Waals surface area contributed by atoms with Gasteiger partial charge in [0.05, 0.1) is 0 Å². The second-order valence-electron chi connectivity index (χ2n) is 4.73. The van der Waals surface area contributed by atoms with Crippen LogP contribution in [0.25, 0.3) is 10.0 Å². The summed E-state index contributed by atoms with van der Waals surface area (Å²) >= 11 is 0. The van der Waals surface area contributed by atoms with Crippen LogP contribution in [-0.4, -0.2) is 21.5 Å². The topological polar surface area (TPSA) is 62.3 Å². The van der Waals surface area contributed by atoms with Crippen LogP contribution in [0.15, 0.2) is 59.5 Å². The van der Waals surface area contributed by atoms with Crippen molar-refractivity contribution in [2.75, 3.05) is 13.1 Å². The summed E-state index contributed by atoms with van der Waals surface area (Å²) in [7, 11) is -3.56. The Labute approximate surface area is 153 Å². The van der Waals surface area contributed by atoms with Crippen LogP contribution < -0.4 is 0 Å². The van der Waals surface area contributed by atoms with Gasteiger partial charge in [-0.2, -0.15) is 13.1 Å². The van der Waals surface area contributed by atoms with Crippen molar-refractivity contribution in [2.45, 2.75) is 18.4 Å². The van der Waals surface area contributed by atoms with E-state index >= 15 is 0 Å².